The first-order valence-electron chi connectivity index (χ1n) is 4.72. The van der Waals surface area contributed by atoms with E-state index in [-0.39, 0.29) is 0 Å². The Morgan fingerprint density at radius 1 is 1.08 bits per heavy atom. The van der Waals surface area contributed by atoms with Crippen molar-refractivity contribution in [3.8, 4) is 0 Å². The van der Waals surface area contributed by atoms with E-state index in [4.69, 9.17) is 0 Å². The summed E-state index contributed by atoms with van der Waals surface area (Å²) >= 11 is 0. The summed E-state index contributed by atoms with van der Waals surface area (Å²) in [4.78, 5) is 0. The molecule has 0 nitrogen and oxygen atoms in total. The predicted octanol–water partition coefficient (Wildman–Crippen LogP) is 2.73. The molecule has 12 heavy (non-hydrogen) atoms. The van der Waals surface area contributed by atoms with E-state index in [0.717, 1.165) is 0 Å². The zero-order chi connectivity index (χ0) is 9.03. The Hall–Kier alpha value is -0.350. The third-order valence-electron chi connectivity index (χ3n) is 2.43. The van der Waals surface area contributed by atoms with Crippen LogP contribution in [0.1, 0.15) is 13.3 Å². The second kappa shape index (κ2) is 4.05. The van der Waals surface area contributed by atoms with Crippen LogP contribution in [0.3, 0.4) is 0 Å². The van der Waals surface area contributed by atoms with E-state index in [0.29, 0.717) is 0 Å². The molecule has 1 rings (SSSR count). The van der Waals surface area contributed by atoms with E-state index in [1.165, 1.54) is 12.6 Å². The summed E-state index contributed by atoms with van der Waals surface area (Å²) in [5, 5.41) is 1.59. The fourth-order valence-electron chi connectivity index (χ4n) is 1.66. The van der Waals surface area contributed by atoms with Gasteiger partial charge in [-0.25, -0.2) is 0 Å². The molecule has 0 fully saturated rings. The van der Waals surface area contributed by atoms with Crippen LogP contribution in [0.2, 0.25) is 0 Å². The molecule has 0 radical (unpaired) electrons. The van der Waals surface area contributed by atoms with Gasteiger partial charge in [0.05, 0.1) is 0 Å². The third-order valence-corrected chi connectivity index (χ3v) is 6.08. The summed E-state index contributed by atoms with van der Waals surface area (Å²) in [6.07, 6.45) is 2.71. The van der Waals surface area contributed by atoms with E-state index < -0.39 is 7.26 Å². The van der Waals surface area contributed by atoms with Gasteiger partial charge >= 0.3 is 75.7 Å². The number of benzene rings is 1. The van der Waals surface area contributed by atoms with Crippen LogP contribution in [0.25, 0.3) is 0 Å². The molecule has 1 aromatic carbocycles. The van der Waals surface area contributed by atoms with Crippen molar-refractivity contribution in [1.82, 2.24) is 0 Å². The Kier molecular flexibility index (Phi) is 3.29. The monoisotopic (exact) mass is 182 g/mol. The summed E-state index contributed by atoms with van der Waals surface area (Å²) in [6, 6.07) is 11.0. The maximum atomic E-state index is 2.45. The maximum absolute atomic E-state index is 2.45. The van der Waals surface area contributed by atoms with Crippen molar-refractivity contribution in [2.24, 2.45) is 0 Å². The Morgan fingerprint density at radius 3 is 2.17 bits per heavy atom. The van der Waals surface area contributed by atoms with Gasteiger partial charge in [-0.2, -0.15) is 0 Å². The Balaban J connectivity index is 2.82. The third kappa shape index (κ3) is 2.32. The van der Waals surface area contributed by atoms with Crippen molar-refractivity contribution in [1.29, 1.82) is 0 Å². The van der Waals surface area contributed by atoms with Crippen LogP contribution in [-0.4, -0.2) is 19.5 Å². The number of rotatable bonds is 3. The summed E-state index contributed by atoms with van der Waals surface area (Å²) in [5.74, 6) is 0. The van der Waals surface area contributed by atoms with Crippen LogP contribution >= 0.6 is 7.26 Å². The fraction of sp³-hybridized carbons (Fsp3) is 0.455. The summed E-state index contributed by atoms with van der Waals surface area (Å²) in [7, 11) is -1.08. The number of hydrogen-bond acceptors (Lipinski definition) is 0. The molecule has 0 aliphatic heterocycles. The molecule has 0 spiro atoms. The first-order valence-corrected chi connectivity index (χ1v) is 7.93. The van der Waals surface area contributed by atoms with Crippen LogP contribution in [0.5, 0.6) is 0 Å². The van der Waals surface area contributed by atoms with E-state index in [1.54, 1.807) is 5.30 Å². The van der Waals surface area contributed by atoms with E-state index in [9.17, 15) is 0 Å². The van der Waals surface area contributed by atoms with Gasteiger partial charge in [0.1, 0.15) is 0 Å². The minimum absolute atomic E-state index is 1.08. The average Bonchev–Trinajstić information content (AvgIpc) is 2.06. The van der Waals surface area contributed by atoms with Crippen molar-refractivity contribution < 1.29 is 0 Å². The van der Waals surface area contributed by atoms with Crippen molar-refractivity contribution >= 4 is 12.6 Å². The Bertz CT molecular complexity index is 226. The molecule has 0 aliphatic rings. The molecular weight excluding hydrogens is 163 g/mol. The van der Waals surface area contributed by atoms with Gasteiger partial charge < -0.3 is 0 Å². The standard InChI is InChI=1S/C11H19P/c1-4-10-12(2,3)11-8-6-5-7-9-11/h5-9,12H,4,10H2,1-3H3. The zero-order valence-corrected chi connectivity index (χ0v) is 9.30. The van der Waals surface area contributed by atoms with Gasteiger partial charge in [-0.3, -0.25) is 0 Å². The van der Waals surface area contributed by atoms with Crippen LogP contribution < -0.4 is 5.30 Å². The van der Waals surface area contributed by atoms with Gasteiger partial charge in [-0.15, -0.1) is 0 Å². The SMILES string of the molecule is CCC[PH](C)(C)c1ccccc1. The Labute approximate surface area is 76.3 Å². The van der Waals surface area contributed by atoms with Crippen molar-refractivity contribution in [2.45, 2.75) is 13.3 Å². The molecule has 0 saturated heterocycles. The van der Waals surface area contributed by atoms with Gasteiger partial charge in [0, 0.05) is 0 Å². The normalized spacial score (nSPS) is 12.9. The van der Waals surface area contributed by atoms with Crippen molar-refractivity contribution in [2.75, 3.05) is 19.5 Å². The summed E-state index contributed by atoms with van der Waals surface area (Å²) in [6.45, 7) is 7.18. The molecule has 0 saturated carbocycles. The van der Waals surface area contributed by atoms with Crippen LogP contribution in [0, 0.1) is 0 Å². The van der Waals surface area contributed by atoms with Crippen LogP contribution in [0.4, 0.5) is 0 Å². The zero-order valence-electron chi connectivity index (χ0n) is 8.30. The van der Waals surface area contributed by atoms with Crippen LogP contribution in [0.15, 0.2) is 30.3 Å². The van der Waals surface area contributed by atoms with Gasteiger partial charge in [0.15, 0.2) is 0 Å². The molecular formula is C11H19P. The molecule has 0 bridgehead atoms. The summed E-state index contributed by atoms with van der Waals surface area (Å²) in [5.41, 5.74) is 0. The molecule has 0 aromatic heterocycles. The first-order chi connectivity index (χ1) is 5.67. The quantitative estimate of drug-likeness (QED) is 0.630. The molecule has 0 aliphatic carbocycles. The second-order valence-corrected chi connectivity index (χ2v) is 8.85. The van der Waals surface area contributed by atoms with E-state index >= 15 is 0 Å². The minimum atomic E-state index is -1.08. The van der Waals surface area contributed by atoms with E-state index in [2.05, 4.69) is 50.6 Å². The molecule has 0 atom stereocenters. The molecule has 0 N–H and O–H groups in total. The Morgan fingerprint density at radius 2 is 1.67 bits per heavy atom. The van der Waals surface area contributed by atoms with Crippen molar-refractivity contribution in [3.05, 3.63) is 30.3 Å². The van der Waals surface area contributed by atoms with E-state index in [1.807, 2.05) is 0 Å². The molecule has 0 heterocycles. The molecule has 1 heteroatoms. The topological polar surface area (TPSA) is 0 Å². The van der Waals surface area contributed by atoms with Gasteiger partial charge in [-0.1, -0.05) is 0 Å². The second-order valence-electron chi connectivity index (χ2n) is 4.00. The first kappa shape index (κ1) is 9.74. The summed E-state index contributed by atoms with van der Waals surface area (Å²) < 4.78 is 0. The number of hydrogen-bond donors (Lipinski definition) is 0. The molecule has 68 valence electrons. The predicted molar refractivity (Wildman–Crippen MR) is 61.4 cm³/mol. The van der Waals surface area contributed by atoms with Gasteiger partial charge in [-0.05, 0) is 0 Å². The van der Waals surface area contributed by atoms with Gasteiger partial charge in [0.2, 0.25) is 0 Å². The van der Waals surface area contributed by atoms with Crippen molar-refractivity contribution in [3.63, 3.8) is 0 Å². The van der Waals surface area contributed by atoms with Gasteiger partial charge in [0.25, 0.3) is 0 Å². The van der Waals surface area contributed by atoms with Crippen LogP contribution in [-0.2, 0) is 0 Å². The fourth-order valence-corrected chi connectivity index (χ4v) is 4.29. The molecule has 1 aromatic rings. The molecule has 0 amide bonds. The molecule has 0 unspecified atom stereocenters. The average molecular weight is 182 g/mol.